The zero-order valence-corrected chi connectivity index (χ0v) is 8.14. The van der Waals surface area contributed by atoms with Crippen molar-refractivity contribution in [1.29, 1.82) is 0 Å². The van der Waals surface area contributed by atoms with Gasteiger partial charge in [0.1, 0.15) is 11.9 Å². The van der Waals surface area contributed by atoms with Crippen molar-refractivity contribution in [3.8, 4) is 0 Å². The molecule has 0 heterocycles. The zero-order valence-electron chi connectivity index (χ0n) is 6.55. The van der Waals surface area contributed by atoms with Crippen LogP contribution in [0.25, 0.3) is 0 Å². The Morgan fingerprint density at radius 3 is 2.75 bits per heavy atom. The van der Waals surface area contributed by atoms with Gasteiger partial charge in [0.05, 0.1) is 0 Å². The molecule has 2 N–H and O–H groups in total. The van der Waals surface area contributed by atoms with Gasteiger partial charge in [-0.2, -0.15) is 0 Å². The van der Waals surface area contributed by atoms with Crippen molar-refractivity contribution in [2.45, 2.75) is 13.0 Å². The largest absolute Gasteiger partial charge is 0.297 e. The first kappa shape index (κ1) is 9.64. The Balaban J connectivity index is 3.12. The van der Waals surface area contributed by atoms with E-state index in [2.05, 4.69) is 20.8 Å². The van der Waals surface area contributed by atoms with Crippen LogP contribution in [0.4, 0.5) is 4.39 Å². The van der Waals surface area contributed by atoms with Gasteiger partial charge in [0.2, 0.25) is 0 Å². The van der Waals surface area contributed by atoms with Crippen molar-refractivity contribution >= 4 is 15.9 Å². The van der Waals surface area contributed by atoms with E-state index < -0.39 is 6.10 Å². The van der Waals surface area contributed by atoms with Crippen LogP contribution in [0, 0.1) is 5.82 Å². The summed E-state index contributed by atoms with van der Waals surface area (Å²) in [5, 5.41) is 0. The summed E-state index contributed by atoms with van der Waals surface area (Å²) in [5.41, 5.74) is 0.444. The molecule has 0 aliphatic rings. The van der Waals surface area contributed by atoms with E-state index in [0.717, 1.165) is 0 Å². The number of benzene rings is 1. The summed E-state index contributed by atoms with van der Waals surface area (Å²) in [6, 6.07) is 4.73. The lowest BCUT2D eigenvalue weighted by atomic mass is 10.1. The van der Waals surface area contributed by atoms with Gasteiger partial charge in [-0.25, -0.2) is 10.3 Å². The topological polar surface area (TPSA) is 35.2 Å². The van der Waals surface area contributed by atoms with E-state index in [1.807, 2.05) is 0 Å². The van der Waals surface area contributed by atoms with Gasteiger partial charge in [-0.3, -0.25) is 4.84 Å². The maximum absolute atomic E-state index is 13.1. The first-order valence-corrected chi connectivity index (χ1v) is 4.25. The Morgan fingerprint density at radius 1 is 1.58 bits per heavy atom. The lowest BCUT2D eigenvalue weighted by Crippen LogP contribution is -2.07. The molecule has 1 atom stereocenters. The highest BCUT2D eigenvalue weighted by Gasteiger charge is 2.13. The monoisotopic (exact) mass is 233 g/mol. The predicted molar refractivity (Wildman–Crippen MR) is 47.8 cm³/mol. The van der Waals surface area contributed by atoms with Gasteiger partial charge in [0, 0.05) is 10.0 Å². The Hall–Kier alpha value is -0.450. The van der Waals surface area contributed by atoms with Crippen LogP contribution in [0.2, 0.25) is 0 Å². The second-order valence-electron chi connectivity index (χ2n) is 2.41. The number of hydrogen-bond donors (Lipinski definition) is 1. The van der Waals surface area contributed by atoms with Gasteiger partial charge in [0.15, 0.2) is 0 Å². The summed E-state index contributed by atoms with van der Waals surface area (Å²) in [5.74, 6) is 4.64. The Labute approximate surface area is 78.6 Å². The summed E-state index contributed by atoms with van der Waals surface area (Å²) < 4.78 is 13.8. The third-order valence-electron chi connectivity index (χ3n) is 1.61. The summed E-state index contributed by atoms with van der Waals surface area (Å²) in [7, 11) is 0. The fourth-order valence-corrected chi connectivity index (χ4v) is 1.63. The van der Waals surface area contributed by atoms with E-state index in [1.54, 1.807) is 19.1 Å². The first-order valence-electron chi connectivity index (χ1n) is 3.46. The van der Waals surface area contributed by atoms with Crippen molar-refractivity contribution in [3.05, 3.63) is 34.1 Å². The van der Waals surface area contributed by atoms with Crippen molar-refractivity contribution in [1.82, 2.24) is 0 Å². The molecule has 0 bridgehead atoms. The van der Waals surface area contributed by atoms with Crippen LogP contribution in [0.5, 0.6) is 0 Å². The molecule has 1 rings (SSSR count). The standard InChI is InChI=1S/C8H9BrFNO/c1-5(12-11)8-6(9)3-2-4-7(8)10/h2-5H,11H2,1H3. The van der Waals surface area contributed by atoms with Gasteiger partial charge < -0.3 is 0 Å². The molecular weight excluding hydrogens is 225 g/mol. The van der Waals surface area contributed by atoms with Crippen LogP contribution < -0.4 is 5.90 Å². The van der Waals surface area contributed by atoms with Gasteiger partial charge in [-0.15, -0.1) is 0 Å². The fourth-order valence-electron chi connectivity index (χ4n) is 0.967. The van der Waals surface area contributed by atoms with Crippen LogP contribution in [-0.4, -0.2) is 0 Å². The Bertz CT molecular complexity index is 260. The predicted octanol–water partition coefficient (Wildman–Crippen LogP) is 2.54. The third-order valence-corrected chi connectivity index (χ3v) is 2.30. The zero-order chi connectivity index (χ0) is 9.14. The van der Waals surface area contributed by atoms with Crippen LogP contribution in [-0.2, 0) is 4.84 Å². The van der Waals surface area contributed by atoms with Crippen molar-refractivity contribution in [3.63, 3.8) is 0 Å². The minimum Gasteiger partial charge on any atom is -0.297 e. The molecule has 2 nitrogen and oxygen atoms in total. The third kappa shape index (κ3) is 1.83. The van der Waals surface area contributed by atoms with Crippen molar-refractivity contribution < 1.29 is 9.23 Å². The molecule has 1 aromatic rings. The molecule has 0 aromatic heterocycles. The number of rotatable bonds is 2. The van der Waals surface area contributed by atoms with E-state index in [4.69, 9.17) is 5.90 Å². The quantitative estimate of drug-likeness (QED) is 0.798. The normalized spacial score (nSPS) is 13.0. The smallest absolute Gasteiger partial charge is 0.130 e. The molecule has 66 valence electrons. The maximum Gasteiger partial charge on any atom is 0.130 e. The van der Waals surface area contributed by atoms with Crippen LogP contribution in [0.15, 0.2) is 22.7 Å². The molecule has 0 aliphatic heterocycles. The highest BCUT2D eigenvalue weighted by atomic mass is 79.9. The van der Waals surface area contributed by atoms with Crippen molar-refractivity contribution in [2.75, 3.05) is 0 Å². The lowest BCUT2D eigenvalue weighted by Gasteiger charge is -2.11. The van der Waals surface area contributed by atoms with E-state index in [9.17, 15) is 4.39 Å². The Morgan fingerprint density at radius 2 is 2.25 bits per heavy atom. The summed E-state index contributed by atoms with van der Waals surface area (Å²) in [6.45, 7) is 1.68. The maximum atomic E-state index is 13.1. The van der Waals surface area contributed by atoms with Gasteiger partial charge in [-0.1, -0.05) is 22.0 Å². The molecule has 0 amide bonds. The highest BCUT2D eigenvalue weighted by Crippen LogP contribution is 2.26. The van der Waals surface area contributed by atoms with E-state index in [-0.39, 0.29) is 5.82 Å². The molecular formula is C8H9BrFNO. The van der Waals surface area contributed by atoms with Crippen molar-refractivity contribution in [2.24, 2.45) is 5.90 Å². The molecule has 0 saturated heterocycles. The molecule has 1 unspecified atom stereocenters. The Kier molecular flexibility index (Phi) is 3.20. The van der Waals surface area contributed by atoms with Gasteiger partial charge in [0.25, 0.3) is 0 Å². The average Bonchev–Trinajstić information content (AvgIpc) is 2.03. The SMILES string of the molecule is CC(ON)c1c(F)cccc1Br. The number of nitrogens with two attached hydrogens (primary N) is 1. The molecule has 4 heteroatoms. The van der Waals surface area contributed by atoms with E-state index in [0.29, 0.717) is 10.0 Å². The molecule has 1 aromatic carbocycles. The molecule has 0 saturated carbocycles. The fraction of sp³-hybridized carbons (Fsp3) is 0.250. The summed E-state index contributed by atoms with van der Waals surface area (Å²) >= 11 is 3.21. The minimum absolute atomic E-state index is 0.317. The number of hydrogen-bond acceptors (Lipinski definition) is 2. The average molecular weight is 234 g/mol. The summed E-state index contributed by atoms with van der Waals surface area (Å²) in [4.78, 5) is 4.53. The van der Waals surface area contributed by atoms with Crippen LogP contribution in [0.3, 0.4) is 0 Å². The molecule has 0 radical (unpaired) electrons. The van der Waals surface area contributed by atoms with Crippen LogP contribution >= 0.6 is 15.9 Å². The second kappa shape index (κ2) is 3.98. The molecule has 0 spiro atoms. The first-order chi connectivity index (χ1) is 5.66. The van der Waals surface area contributed by atoms with Gasteiger partial charge in [-0.05, 0) is 19.1 Å². The van der Waals surface area contributed by atoms with Crippen LogP contribution in [0.1, 0.15) is 18.6 Å². The van der Waals surface area contributed by atoms with Gasteiger partial charge >= 0.3 is 0 Å². The number of halogens is 2. The second-order valence-corrected chi connectivity index (χ2v) is 3.27. The summed E-state index contributed by atoms with van der Waals surface area (Å²) in [6.07, 6.45) is -0.444. The molecule has 12 heavy (non-hydrogen) atoms. The molecule has 0 aliphatic carbocycles. The highest BCUT2D eigenvalue weighted by molar-refractivity contribution is 9.10. The van der Waals surface area contributed by atoms with E-state index in [1.165, 1.54) is 6.07 Å². The van der Waals surface area contributed by atoms with E-state index >= 15 is 0 Å². The molecule has 0 fully saturated rings. The lowest BCUT2D eigenvalue weighted by molar-refractivity contribution is 0.0633. The minimum atomic E-state index is -0.444.